The summed E-state index contributed by atoms with van der Waals surface area (Å²) in [6.07, 6.45) is 0. The van der Waals surface area contributed by atoms with Gasteiger partial charge in [0, 0.05) is 22.5 Å². The van der Waals surface area contributed by atoms with Crippen LogP contribution in [0.15, 0.2) is 22.7 Å². The van der Waals surface area contributed by atoms with Gasteiger partial charge in [0.15, 0.2) is 0 Å². The van der Waals surface area contributed by atoms with E-state index in [-0.39, 0.29) is 12.4 Å². The lowest BCUT2D eigenvalue weighted by atomic mass is 9.82. The van der Waals surface area contributed by atoms with Crippen molar-refractivity contribution in [1.82, 2.24) is 0 Å². The highest BCUT2D eigenvalue weighted by atomic mass is 79.9. The lowest BCUT2D eigenvalue weighted by Crippen LogP contribution is -2.32. The Morgan fingerprint density at radius 2 is 2.13 bits per heavy atom. The van der Waals surface area contributed by atoms with Gasteiger partial charge in [-0.3, -0.25) is 0 Å². The van der Waals surface area contributed by atoms with E-state index >= 15 is 0 Å². The molecule has 15 heavy (non-hydrogen) atoms. The first-order chi connectivity index (χ1) is 6.88. The Labute approximate surface area is 97.4 Å². The number of aliphatic hydroxyl groups excluding tert-OH is 1. The molecule has 84 valence electrons. The molecule has 0 aliphatic rings. The number of rotatable bonds is 3. The molecule has 0 aliphatic heterocycles. The average molecular weight is 276 g/mol. The Kier molecular flexibility index (Phi) is 3.87. The van der Waals surface area contributed by atoms with Crippen molar-refractivity contribution in [2.75, 3.05) is 6.61 Å². The first kappa shape index (κ1) is 12.6. The van der Waals surface area contributed by atoms with E-state index in [1.165, 1.54) is 12.1 Å². The molecule has 1 atom stereocenters. The third-order valence-electron chi connectivity index (χ3n) is 2.54. The maximum Gasteiger partial charge on any atom is 0.123 e. The largest absolute Gasteiger partial charge is 0.396 e. The van der Waals surface area contributed by atoms with Gasteiger partial charge in [-0.1, -0.05) is 29.8 Å². The summed E-state index contributed by atoms with van der Waals surface area (Å²) < 4.78 is 13.8. The van der Waals surface area contributed by atoms with E-state index in [4.69, 9.17) is 5.73 Å². The van der Waals surface area contributed by atoms with Gasteiger partial charge in [0.05, 0.1) is 0 Å². The van der Waals surface area contributed by atoms with Gasteiger partial charge in [-0.15, -0.1) is 0 Å². The van der Waals surface area contributed by atoms with Crippen LogP contribution in [0.3, 0.4) is 0 Å². The van der Waals surface area contributed by atoms with E-state index in [9.17, 15) is 9.50 Å². The molecule has 0 aromatic heterocycles. The topological polar surface area (TPSA) is 46.2 Å². The van der Waals surface area contributed by atoms with Crippen molar-refractivity contribution in [2.45, 2.75) is 19.9 Å². The second-order valence-electron chi connectivity index (χ2n) is 4.29. The predicted molar refractivity (Wildman–Crippen MR) is 61.9 cm³/mol. The lowest BCUT2D eigenvalue weighted by Gasteiger charge is -2.30. The summed E-state index contributed by atoms with van der Waals surface area (Å²) in [6, 6.07) is 3.98. The smallest absolute Gasteiger partial charge is 0.123 e. The van der Waals surface area contributed by atoms with Gasteiger partial charge in [-0.25, -0.2) is 4.39 Å². The van der Waals surface area contributed by atoms with Crippen molar-refractivity contribution in [1.29, 1.82) is 0 Å². The Bertz CT molecular complexity index is 354. The van der Waals surface area contributed by atoms with E-state index in [0.29, 0.717) is 5.56 Å². The molecule has 0 saturated carbocycles. The van der Waals surface area contributed by atoms with E-state index < -0.39 is 11.5 Å². The van der Waals surface area contributed by atoms with Crippen molar-refractivity contribution >= 4 is 15.9 Å². The summed E-state index contributed by atoms with van der Waals surface area (Å²) in [5.74, 6) is -0.322. The summed E-state index contributed by atoms with van der Waals surface area (Å²) >= 11 is 3.32. The van der Waals surface area contributed by atoms with Gasteiger partial charge < -0.3 is 10.8 Å². The minimum atomic E-state index is -0.476. The standard InChI is InChI=1S/C11H15BrFNO/c1-11(2,6-15)10(14)8-5-7(13)3-4-9(8)12/h3-5,10,15H,6,14H2,1-2H3/t10-/m0/s1. The minimum Gasteiger partial charge on any atom is -0.396 e. The van der Waals surface area contributed by atoms with Crippen molar-refractivity contribution in [3.05, 3.63) is 34.1 Å². The molecule has 0 saturated heterocycles. The first-order valence-corrected chi connectivity index (χ1v) is 5.49. The zero-order chi connectivity index (χ0) is 11.6. The SMILES string of the molecule is CC(C)(CO)[C@@H](N)c1cc(F)ccc1Br. The average Bonchev–Trinajstić information content (AvgIpc) is 2.20. The molecule has 0 bridgehead atoms. The molecule has 0 heterocycles. The van der Waals surface area contributed by atoms with Gasteiger partial charge >= 0.3 is 0 Å². The van der Waals surface area contributed by atoms with E-state index in [1.54, 1.807) is 6.07 Å². The summed E-state index contributed by atoms with van der Waals surface area (Å²) in [5.41, 5.74) is 6.20. The third-order valence-corrected chi connectivity index (χ3v) is 3.26. The number of aliphatic hydroxyl groups is 1. The lowest BCUT2D eigenvalue weighted by molar-refractivity contribution is 0.132. The van der Waals surface area contributed by atoms with Gasteiger partial charge in [0.2, 0.25) is 0 Å². The molecule has 0 radical (unpaired) electrons. The molecular weight excluding hydrogens is 261 g/mol. The third kappa shape index (κ3) is 2.77. The Hall–Kier alpha value is -0.450. The molecule has 0 fully saturated rings. The first-order valence-electron chi connectivity index (χ1n) is 4.70. The number of benzene rings is 1. The van der Waals surface area contributed by atoms with Crippen molar-refractivity contribution in [3.8, 4) is 0 Å². The number of hydrogen-bond acceptors (Lipinski definition) is 2. The van der Waals surface area contributed by atoms with Crippen LogP contribution >= 0.6 is 15.9 Å². The van der Waals surface area contributed by atoms with Crippen LogP contribution in [-0.2, 0) is 0 Å². The molecule has 4 heteroatoms. The Balaban J connectivity index is 3.10. The molecular formula is C11H15BrFNO. The fourth-order valence-corrected chi connectivity index (χ4v) is 1.77. The predicted octanol–water partition coefficient (Wildman–Crippen LogP) is 2.61. The van der Waals surface area contributed by atoms with Gasteiger partial charge in [0.25, 0.3) is 0 Å². The Morgan fingerprint density at radius 1 is 1.53 bits per heavy atom. The number of halogens is 2. The molecule has 0 unspecified atom stereocenters. The summed E-state index contributed by atoms with van der Waals surface area (Å²) in [5, 5.41) is 9.20. The van der Waals surface area contributed by atoms with E-state index in [0.717, 1.165) is 4.47 Å². The van der Waals surface area contributed by atoms with Crippen LogP contribution in [0.4, 0.5) is 4.39 Å². The van der Waals surface area contributed by atoms with Gasteiger partial charge in [0.1, 0.15) is 5.82 Å². The van der Waals surface area contributed by atoms with Crippen molar-refractivity contribution in [3.63, 3.8) is 0 Å². The van der Waals surface area contributed by atoms with E-state index in [1.807, 2.05) is 13.8 Å². The molecule has 0 spiro atoms. The fourth-order valence-electron chi connectivity index (χ4n) is 1.27. The summed E-state index contributed by atoms with van der Waals surface area (Å²) in [4.78, 5) is 0. The molecule has 1 rings (SSSR count). The van der Waals surface area contributed by atoms with Crippen LogP contribution in [0.2, 0.25) is 0 Å². The highest BCUT2D eigenvalue weighted by Gasteiger charge is 2.28. The molecule has 1 aromatic carbocycles. The quantitative estimate of drug-likeness (QED) is 0.891. The zero-order valence-corrected chi connectivity index (χ0v) is 10.4. The summed E-state index contributed by atoms with van der Waals surface area (Å²) in [7, 11) is 0. The van der Waals surface area contributed by atoms with Gasteiger partial charge in [-0.2, -0.15) is 0 Å². The van der Waals surface area contributed by atoms with Crippen LogP contribution in [-0.4, -0.2) is 11.7 Å². The maximum absolute atomic E-state index is 13.1. The van der Waals surface area contributed by atoms with Crippen LogP contribution in [0.1, 0.15) is 25.5 Å². The van der Waals surface area contributed by atoms with Crippen LogP contribution in [0, 0.1) is 11.2 Å². The number of hydrogen-bond donors (Lipinski definition) is 2. The molecule has 3 N–H and O–H groups in total. The van der Waals surface area contributed by atoms with Crippen LogP contribution < -0.4 is 5.73 Å². The highest BCUT2D eigenvalue weighted by molar-refractivity contribution is 9.10. The summed E-state index contributed by atoms with van der Waals surface area (Å²) in [6.45, 7) is 3.64. The number of nitrogens with two attached hydrogens (primary N) is 1. The second-order valence-corrected chi connectivity index (χ2v) is 5.14. The minimum absolute atomic E-state index is 0.0445. The zero-order valence-electron chi connectivity index (χ0n) is 8.80. The van der Waals surface area contributed by atoms with Crippen molar-refractivity contribution in [2.24, 2.45) is 11.1 Å². The highest BCUT2D eigenvalue weighted by Crippen LogP contribution is 2.34. The van der Waals surface area contributed by atoms with Crippen molar-refractivity contribution < 1.29 is 9.50 Å². The molecule has 1 aromatic rings. The van der Waals surface area contributed by atoms with E-state index in [2.05, 4.69) is 15.9 Å². The molecule has 0 aliphatic carbocycles. The monoisotopic (exact) mass is 275 g/mol. The second kappa shape index (κ2) is 4.60. The normalized spacial score (nSPS) is 14.0. The van der Waals surface area contributed by atoms with Crippen LogP contribution in [0.25, 0.3) is 0 Å². The fraction of sp³-hybridized carbons (Fsp3) is 0.455. The Morgan fingerprint density at radius 3 is 2.67 bits per heavy atom. The van der Waals surface area contributed by atoms with Gasteiger partial charge in [-0.05, 0) is 23.8 Å². The molecule has 0 amide bonds. The molecule has 2 nitrogen and oxygen atoms in total. The van der Waals surface area contributed by atoms with Crippen LogP contribution in [0.5, 0.6) is 0 Å². The maximum atomic E-state index is 13.1.